The molecule has 13 heavy (non-hydrogen) atoms. The van der Waals surface area contributed by atoms with Gasteiger partial charge in [-0.2, -0.15) is 0 Å². The van der Waals surface area contributed by atoms with Crippen LogP contribution in [0.3, 0.4) is 0 Å². The molecule has 0 saturated carbocycles. The van der Waals surface area contributed by atoms with Crippen LogP contribution in [0.5, 0.6) is 5.75 Å². The smallest absolute Gasteiger partial charge is 0.154 e. The molecular weight excluding hydrogens is 168 g/mol. The van der Waals surface area contributed by atoms with Crippen LogP contribution in [0.25, 0.3) is 10.8 Å². The minimum atomic E-state index is 0.536. The molecule has 1 aromatic carbocycles. The second kappa shape index (κ2) is 2.94. The Balaban J connectivity index is 2.81. The molecule has 0 aliphatic rings. The first-order valence-corrected chi connectivity index (χ1v) is 3.85. The maximum atomic E-state index is 10.8. The molecule has 0 aliphatic carbocycles. The third-order valence-electron chi connectivity index (χ3n) is 2.00. The number of rotatable bonds is 2. The molecule has 2 aromatic rings. The maximum Gasteiger partial charge on any atom is 0.154 e. The Labute approximate surface area is 74.9 Å². The number of carbonyl (C=O) groups is 1. The van der Waals surface area contributed by atoms with Crippen molar-refractivity contribution >= 4 is 17.1 Å². The molecule has 0 amide bonds. The Hall–Kier alpha value is -1.77. The zero-order chi connectivity index (χ0) is 9.26. The van der Waals surface area contributed by atoms with Crippen LogP contribution in [0.4, 0.5) is 0 Å². The summed E-state index contributed by atoms with van der Waals surface area (Å²) < 4.78 is 10.0. The fraction of sp³-hybridized carbons (Fsp3) is 0.100. The first-order valence-electron chi connectivity index (χ1n) is 3.85. The summed E-state index contributed by atoms with van der Waals surface area (Å²) in [5, 5.41) is 1.69. The molecule has 2 rings (SSSR count). The average Bonchev–Trinajstić information content (AvgIpc) is 2.63. The van der Waals surface area contributed by atoms with Gasteiger partial charge in [-0.3, -0.25) is 4.79 Å². The molecule has 0 spiro atoms. The standard InChI is InChI=1S/C10H8O3/c1-12-10-3-2-7-5-13-6-9(7)8(10)4-11/h2-6H,1H3. The van der Waals surface area contributed by atoms with E-state index < -0.39 is 0 Å². The molecular formula is C10H8O3. The van der Waals surface area contributed by atoms with Crippen LogP contribution in [0.2, 0.25) is 0 Å². The number of carbonyl (C=O) groups excluding carboxylic acids is 1. The predicted molar refractivity (Wildman–Crippen MR) is 48.2 cm³/mol. The van der Waals surface area contributed by atoms with Crippen molar-refractivity contribution in [2.45, 2.75) is 0 Å². The maximum absolute atomic E-state index is 10.8. The van der Waals surface area contributed by atoms with Crippen LogP contribution in [-0.2, 0) is 0 Å². The van der Waals surface area contributed by atoms with Crippen molar-refractivity contribution in [2.24, 2.45) is 0 Å². The monoisotopic (exact) mass is 176 g/mol. The largest absolute Gasteiger partial charge is 0.496 e. The van der Waals surface area contributed by atoms with Gasteiger partial charge in [-0.1, -0.05) is 0 Å². The van der Waals surface area contributed by atoms with E-state index in [0.29, 0.717) is 11.3 Å². The molecule has 1 aromatic heterocycles. The molecule has 0 bridgehead atoms. The summed E-state index contributed by atoms with van der Waals surface area (Å²) in [4.78, 5) is 10.8. The highest BCUT2D eigenvalue weighted by atomic mass is 16.5. The SMILES string of the molecule is COc1ccc2cocc2c1C=O. The van der Waals surface area contributed by atoms with Crippen LogP contribution >= 0.6 is 0 Å². The minimum absolute atomic E-state index is 0.536. The van der Waals surface area contributed by atoms with Gasteiger partial charge in [0.25, 0.3) is 0 Å². The van der Waals surface area contributed by atoms with Crippen LogP contribution < -0.4 is 4.74 Å². The molecule has 0 fully saturated rings. The summed E-state index contributed by atoms with van der Waals surface area (Å²) >= 11 is 0. The zero-order valence-corrected chi connectivity index (χ0v) is 7.11. The number of fused-ring (bicyclic) bond motifs is 1. The highest BCUT2D eigenvalue weighted by Gasteiger charge is 2.07. The van der Waals surface area contributed by atoms with E-state index in [1.807, 2.05) is 6.07 Å². The van der Waals surface area contributed by atoms with Crippen molar-refractivity contribution < 1.29 is 13.9 Å². The highest BCUT2D eigenvalue weighted by Crippen LogP contribution is 2.26. The van der Waals surface area contributed by atoms with Crippen LogP contribution in [-0.4, -0.2) is 13.4 Å². The summed E-state index contributed by atoms with van der Waals surface area (Å²) in [5.41, 5.74) is 0.536. The Bertz CT molecular complexity index is 442. The fourth-order valence-corrected chi connectivity index (χ4v) is 1.34. The molecule has 0 atom stereocenters. The predicted octanol–water partition coefficient (Wildman–Crippen LogP) is 2.25. The molecule has 0 unspecified atom stereocenters. The number of hydrogen-bond acceptors (Lipinski definition) is 3. The topological polar surface area (TPSA) is 39.4 Å². The molecule has 1 heterocycles. The lowest BCUT2D eigenvalue weighted by Crippen LogP contribution is -1.89. The van der Waals surface area contributed by atoms with E-state index in [1.54, 1.807) is 18.6 Å². The van der Waals surface area contributed by atoms with E-state index in [0.717, 1.165) is 17.1 Å². The highest BCUT2D eigenvalue weighted by molar-refractivity contribution is 6.00. The van der Waals surface area contributed by atoms with E-state index in [4.69, 9.17) is 9.15 Å². The van der Waals surface area contributed by atoms with Gasteiger partial charge < -0.3 is 9.15 Å². The molecule has 3 nitrogen and oxygen atoms in total. The second-order valence-corrected chi connectivity index (χ2v) is 2.67. The summed E-state index contributed by atoms with van der Waals surface area (Å²) in [7, 11) is 1.54. The Morgan fingerprint density at radius 2 is 2.23 bits per heavy atom. The van der Waals surface area contributed by atoms with E-state index in [1.165, 1.54) is 7.11 Å². The van der Waals surface area contributed by atoms with E-state index in [9.17, 15) is 4.79 Å². The lowest BCUT2D eigenvalue weighted by Gasteiger charge is -2.02. The molecule has 0 saturated heterocycles. The van der Waals surface area contributed by atoms with Crippen LogP contribution in [0.1, 0.15) is 10.4 Å². The molecule has 0 N–H and O–H groups in total. The van der Waals surface area contributed by atoms with E-state index in [-0.39, 0.29) is 0 Å². The molecule has 3 heteroatoms. The van der Waals surface area contributed by atoms with Crippen molar-refractivity contribution in [1.29, 1.82) is 0 Å². The number of hydrogen-bond donors (Lipinski definition) is 0. The van der Waals surface area contributed by atoms with Gasteiger partial charge in [0, 0.05) is 10.8 Å². The quantitative estimate of drug-likeness (QED) is 0.659. The van der Waals surface area contributed by atoms with Gasteiger partial charge in [0.15, 0.2) is 6.29 Å². The Morgan fingerprint density at radius 1 is 1.38 bits per heavy atom. The van der Waals surface area contributed by atoms with Gasteiger partial charge in [0.2, 0.25) is 0 Å². The number of furan rings is 1. The van der Waals surface area contributed by atoms with E-state index in [2.05, 4.69) is 0 Å². The van der Waals surface area contributed by atoms with Crippen LogP contribution in [0.15, 0.2) is 29.1 Å². The van der Waals surface area contributed by atoms with Gasteiger partial charge in [-0.25, -0.2) is 0 Å². The van der Waals surface area contributed by atoms with Crippen molar-refractivity contribution in [3.63, 3.8) is 0 Å². The second-order valence-electron chi connectivity index (χ2n) is 2.67. The number of aldehydes is 1. The van der Waals surface area contributed by atoms with Crippen molar-refractivity contribution in [3.05, 3.63) is 30.2 Å². The van der Waals surface area contributed by atoms with Crippen molar-refractivity contribution in [1.82, 2.24) is 0 Å². The number of methoxy groups -OCH3 is 1. The van der Waals surface area contributed by atoms with Crippen molar-refractivity contribution in [3.8, 4) is 5.75 Å². The molecule has 0 radical (unpaired) electrons. The van der Waals surface area contributed by atoms with Crippen LogP contribution in [0, 0.1) is 0 Å². The molecule has 66 valence electrons. The third kappa shape index (κ3) is 1.09. The number of benzene rings is 1. The van der Waals surface area contributed by atoms with Crippen molar-refractivity contribution in [2.75, 3.05) is 7.11 Å². The number of ether oxygens (including phenoxy) is 1. The third-order valence-corrected chi connectivity index (χ3v) is 2.00. The fourth-order valence-electron chi connectivity index (χ4n) is 1.34. The van der Waals surface area contributed by atoms with Gasteiger partial charge >= 0.3 is 0 Å². The van der Waals surface area contributed by atoms with Gasteiger partial charge in [-0.05, 0) is 12.1 Å². The first-order chi connectivity index (χ1) is 6.36. The van der Waals surface area contributed by atoms with E-state index >= 15 is 0 Å². The van der Waals surface area contributed by atoms with Gasteiger partial charge in [0.05, 0.1) is 25.2 Å². The Kier molecular flexibility index (Phi) is 1.77. The Morgan fingerprint density at radius 3 is 2.92 bits per heavy atom. The average molecular weight is 176 g/mol. The minimum Gasteiger partial charge on any atom is -0.496 e. The zero-order valence-electron chi connectivity index (χ0n) is 7.11. The first kappa shape index (κ1) is 7.86. The summed E-state index contributed by atoms with van der Waals surface area (Å²) in [6, 6.07) is 3.60. The molecule has 0 aliphatic heterocycles. The summed E-state index contributed by atoms with van der Waals surface area (Å²) in [5.74, 6) is 0.573. The summed E-state index contributed by atoms with van der Waals surface area (Å²) in [6.45, 7) is 0. The lowest BCUT2D eigenvalue weighted by molar-refractivity contribution is 0.112. The summed E-state index contributed by atoms with van der Waals surface area (Å²) in [6.07, 6.45) is 3.92. The van der Waals surface area contributed by atoms with Gasteiger partial charge in [0.1, 0.15) is 5.75 Å². The normalized spacial score (nSPS) is 10.2. The lowest BCUT2D eigenvalue weighted by atomic mass is 10.1. The van der Waals surface area contributed by atoms with Gasteiger partial charge in [-0.15, -0.1) is 0 Å².